The molecule has 2 unspecified atom stereocenters. The first-order chi connectivity index (χ1) is 9.35. The summed E-state index contributed by atoms with van der Waals surface area (Å²) in [5.41, 5.74) is 1.29. The van der Waals surface area contributed by atoms with E-state index >= 15 is 0 Å². The van der Waals surface area contributed by atoms with Gasteiger partial charge in [-0.1, -0.05) is 43.2 Å². The molecule has 0 amide bonds. The Hall–Kier alpha value is -0.0600. The van der Waals surface area contributed by atoms with E-state index in [4.69, 9.17) is 4.99 Å². The van der Waals surface area contributed by atoms with E-state index in [-0.39, 0.29) is 4.20 Å². The van der Waals surface area contributed by atoms with E-state index in [9.17, 15) is 0 Å². The third-order valence-corrected chi connectivity index (χ3v) is 9.22. The van der Waals surface area contributed by atoms with Gasteiger partial charge >= 0.3 is 0 Å². The van der Waals surface area contributed by atoms with Crippen LogP contribution in [-0.2, 0) is 0 Å². The minimum atomic E-state index is 0.134. The van der Waals surface area contributed by atoms with Crippen LogP contribution < -0.4 is 0 Å². The fourth-order valence-electron chi connectivity index (χ4n) is 3.06. The van der Waals surface area contributed by atoms with Crippen molar-refractivity contribution in [2.75, 3.05) is 5.75 Å². The van der Waals surface area contributed by atoms with Gasteiger partial charge < -0.3 is 0 Å². The second-order valence-corrected chi connectivity index (χ2v) is 9.64. The second-order valence-electron chi connectivity index (χ2n) is 5.38. The van der Waals surface area contributed by atoms with Gasteiger partial charge in [-0.25, -0.2) is 4.99 Å². The fourth-order valence-corrected chi connectivity index (χ4v) is 8.66. The molecule has 2 fully saturated rings. The number of fused-ring (bicyclic) bond motifs is 1. The zero-order valence-corrected chi connectivity index (χ0v) is 13.2. The predicted molar refractivity (Wildman–Crippen MR) is 89.4 cm³/mol. The summed E-state index contributed by atoms with van der Waals surface area (Å²) in [5.74, 6) is 1.15. The molecule has 1 saturated carbocycles. The molecular weight excluding hydrogens is 290 g/mol. The SMILES string of the molecule is c1ccc(C2=NC3(CS2)SC2CCCCC2S3)cc1. The van der Waals surface area contributed by atoms with Crippen LogP contribution in [0.3, 0.4) is 0 Å². The maximum Gasteiger partial charge on any atom is 0.163 e. The Morgan fingerprint density at radius 3 is 2.37 bits per heavy atom. The summed E-state index contributed by atoms with van der Waals surface area (Å²) >= 11 is 6.26. The lowest BCUT2D eigenvalue weighted by Gasteiger charge is -2.21. The summed E-state index contributed by atoms with van der Waals surface area (Å²) in [4.78, 5) is 5.12. The van der Waals surface area contributed by atoms with Crippen molar-refractivity contribution in [1.29, 1.82) is 0 Å². The highest BCUT2D eigenvalue weighted by molar-refractivity contribution is 8.25. The molecule has 1 aromatic rings. The number of rotatable bonds is 1. The molecule has 0 aromatic heterocycles. The quantitative estimate of drug-likeness (QED) is 0.751. The summed E-state index contributed by atoms with van der Waals surface area (Å²) < 4.78 is 0.134. The van der Waals surface area contributed by atoms with Crippen molar-refractivity contribution in [2.24, 2.45) is 4.99 Å². The van der Waals surface area contributed by atoms with E-state index in [2.05, 4.69) is 53.9 Å². The Morgan fingerprint density at radius 1 is 1.00 bits per heavy atom. The van der Waals surface area contributed by atoms with Crippen molar-refractivity contribution in [3.63, 3.8) is 0 Å². The summed E-state index contributed by atoms with van der Waals surface area (Å²) in [6.45, 7) is 0. The predicted octanol–water partition coefficient (Wildman–Crippen LogP) is 4.63. The van der Waals surface area contributed by atoms with Gasteiger partial charge in [-0.05, 0) is 12.8 Å². The van der Waals surface area contributed by atoms with E-state index in [1.165, 1.54) is 36.3 Å². The van der Waals surface area contributed by atoms with Crippen LogP contribution in [0.15, 0.2) is 35.3 Å². The van der Waals surface area contributed by atoms with Crippen molar-refractivity contribution in [2.45, 2.75) is 40.4 Å². The Balaban J connectivity index is 1.59. The van der Waals surface area contributed by atoms with Crippen LogP contribution in [0.2, 0.25) is 0 Å². The van der Waals surface area contributed by atoms with Crippen LogP contribution in [0.5, 0.6) is 0 Å². The monoisotopic (exact) mass is 307 g/mol. The maximum absolute atomic E-state index is 5.12. The van der Waals surface area contributed by atoms with E-state index in [0.717, 1.165) is 16.3 Å². The molecule has 1 spiro atoms. The van der Waals surface area contributed by atoms with Gasteiger partial charge in [0.2, 0.25) is 0 Å². The molecule has 3 aliphatic rings. The average Bonchev–Trinajstić information content (AvgIpc) is 3.03. The van der Waals surface area contributed by atoms with Gasteiger partial charge in [-0.15, -0.1) is 35.3 Å². The first-order valence-electron chi connectivity index (χ1n) is 6.98. The van der Waals surface area contributed by atoms with Crippen LogP contribution >= 0.6 is 35.3 Å². The lowest BCUT2D eigenvalue weighted by atomic mass is 10.00. The summed E-state index contributed by atoms with van der Waals surface area (Å²) in [6.07, 6.45) is 5.66. The van der Waals surface area contributed by atoms with Gasteiger partial charge in [0.25, 0.3) is 0 Å². The summed E-state index contributed by atoms with van der Waals surface area (Å²) in [6, 6.07) is 10.7. The average molecular weight is 308 g/mol. The molecule has 0 bridgehead atoms. The molecule has 2 aliphatic heterocycles. The lowest BCUT2D eigenvalue weighted by Crippen LogP contribution is -2.19. The molecule has 4 heteroatoms. The van der Waals surface area contributed by atoms with Gasteiger partial charge in [0.15, 0.2) is 4.20 Å². The van der Waals surface area contributed by atoms with Gasteiger partial charge in [0, 0.05) is 21.8 Å². The first-order valence-corrected chi connectivity index (χ1v) is 9.73. The third kappa shape index (κ3) is 2.36. The van der Waals surface area contributed by atoms with Crippen molar-refractivity contribution in [3.05, 3.63) is 35.9 Å². The highest BCUT2D eigenvalue weighted by Gasteiger charge is 2.50. The third-order valence-electron chi connectivity index (χ3n) is 4.00. The highest BCUT2D eigenvalue weighted by Crippen LogP contribution is 2.60. The fraction of sp³-hybridized carbons (Fsp3) is 0.533. The Morgan fingerprint density at radius 2 is 1.68 bits per heavy atom. The van der Waals surface area contributed by atoms with Crippen LogP contribution in [0.25, 0.3) is 0 Å². The maximum atomic E-state index is 5.12. The minimum Gasteiger partial charge on any atom is -0.248 e. The van der Waals surface area contributed by atoms with Gasteiger partial charge in [0.05, 0.1) is 0 Å². The molecule has 1 nitrogen and oxygen atoms in total. The molecule has 0 radical (unpaired) electrons. The van der Waals surface area contributed by atoms with E-state index in [1.54, 1.807) is 0 Å². The largest absolute Gasteiger partial charge is 0.248 e. The Bertz CT molecular complexity index is 485. The van der Waals surface area contributed by atoms with Gasteiger partial charge in [-0.3, -0.25) is 0 Å². The Kier molecular flexibility index (Phi) is 3.36. The summed E-state index contributed by atoms with van der Waals surface area (Å²) in [5, 5.41) is 2.97. The smallest absolute Gasteiger partial charge is 0.163 e. The number of aliphatic imine (C=N–C) groups is 1. The van der Waals surface area contributed by atoms with Crippen LogP contribution in [0.1, 0.15) is 31.2 Å². The van der Waals surface area contributed by atoms with Crippen LogP contribution in [-0.4, -0.2) is 25.5 Å². The molecule has 19 heavy (non-hydrogen) atoms. The zero-order valence-electron chi connectivity index (χ0n) is 10.7. The minimum absolute atomic E-state index is 0.134. The molecule has 2 atom stereocenters. The number of thioether (sulfide) groups is 3. The van der Waals surface area contributed by atoms with E-state index < -0.39 is 0 Å². The molecule has 2 heterocycles. The zero-order chi connectivity index (χ0) is 12.7. The molecule has 100 valence electrons. The second kappa shape index (κ2) is 5.05. The highest BCUT2D eigenvalue weighted by atomic mass is 32.2. The van der Waals surface area contributed by atoms with Crippen molar-refractivity contribution in [3.8, 4) is 0 Å². The van der Waals surface area contributed by atoms with E-state index in [0.29, 0.717) is 0 Å². The molecule has 1 aromatic carbocycles. The number of hydrogen-bond acceptors (Lipinski definition) is 4. The number of benzene rings is 1. The Labute approximate surface area is 127 Å². The van der Waals surface area contributed by atoms with E-state index in [1.807, 2.05) is 11.8 Å². The van der Waals surface area contributed by atoms with Crippen molar-refractivity contribution in [1.82, 2.24) is 0 Å². The molecule has 1 saturated heterocycles. The molecular formula is C15H17NS3. The number of nitrogens with zero attached hydrogens (tertiary/aromatic N) is 1. The molecule has 0 N–H and O–H groups in total. The van der Waals surface area contributed by atoms with Crippen molar-refractivity contribution >= 4 is 40.3 Å². The van der Waals surface area contributed by atoms with Gasteiger partial charge in [-0.2, -0.15) is 0 Å². The standard InChI is InChI=1S/C15H17NS3/c1-2-6-11(7-3-1)14-16-15(10-17-14)18-12-8-4-5-9-13(12)19-15/h1-3,6-7,12-13H,4-5,8-10H2. The first kappa shape index (κ1) is 12.7. The lowest BCUT2D eigenvalue weighted by molar-refractivity contribution is 0.532. The molecule has 4 rings (SSSR count). The van der Waals surface area contributed by atoms with Crippen LogP contribution in [0, 0.1) is 0 Å². The van der Waals surface area contributed by atoms with Crippen LogP contribution in [0.4, 0.5) is 0 Å². The molecule has 1 aliphatic carbocycles. The normalized spacial score (nSPS) is 37.4. The number of hydrogen-bond donors (Lipinski definition) is 0. The van der Waals surface area contributed by atoms with Gasteiger partial charge in [0.1, 0.15) is 5.04 Å². The topological polar surface area (TPSA) is 12.4 Å². The summed E-state index contributed by atoms with van der Waals surface area (Å²) in [7, 11) is 0. The van der Waals surface area contributed by atoms with Crippen molar-refractivity contribution < 1.29 is 0 Å².